The van der Waals surface area contributed by atoms with Crippen LogP contribution < -0.4 is 0 Å². The first-order chi connectivity index (χ1) is 13.5. The number of carbonyl (C=O) groups excluding carboxylic acids is 1. The molecule has 1 aromatic carbocycles. The van der Waals surface area contributed by atoms with Crippen molar-refractivity contribution in [1.29, 1.82) is 0 Å². The Balaban J connectivity index is 1.39. The average molecular weight is 381 g/mol. The van der Waals surface area contributed by atoms with Gasteiger partial charge < -0.3 is 14.2 Å². The Morgan fingerprint density at radius 3 is 2.79 bits per heavy atom. The molecule has 1 atom stereocenters. The second-order valence-electron chi connectivity index (χ2n) is 7.48. The Kier molecular flexibility index (Phi) is 3.83. The maximum atomic E-state index is 13.3. The maximum Gasteiger partial charge on any atom is 0.274 e. The van der Waals surface area contributed by atoms with Crippen LogP contribution in [0.25, 0.3) is 11.3 Å². The van der Waals surface area contributed by atoms with E-state index in [2.05, 4.69) is 14.6 Å². The first-order valence-electron chi connectivity index (χ1n) is 9.26. The predicted octanol–water partition coefficient (Wildman–Crippen LogP) is 2.24. The van der Waals surface area contributed by atoms with Gasteiger partial charge in [0, 0.05) is 19.8 Å². The minimum absolute atomic E-state index is 0.0729. The molecular weight excluding hydrogens is 361 g/mol. The van der Waals surface area contributed by atoms with Gasteiger partial charge >= 0.3 is 0 Å². The Bertz CT molecular complexity index is 1040. The molecule has 2 aromatic heterocycles. The van der Waals surface area contributed by atoms with E-state index < -0.39 is 5.60 Å². The lowest BCUT2D eigenvalue weighted by atomic mass is 10.0. The number of hydrogen-bond acceptors (Lipinski definition) is 4. The van der Waals surface area contributed by atoms with E-state index in [0.717, 1.165) is 23.5 Å². The van der Waals surface area contributed by atoms with E-state index in [1.54, 1.807) is 42.3 Å². The monoisotopic (exact) mass is 381 g/mol. The van der Waals surface area contributed by atoms with E-state index in [1.165, 1.54) is 12.1 Å². The summed E-state index contributed by atoms with van der Waals surface area (Å²) in [6, 6.07) is 8.15. The summed E-state index contributed by atoms with van der Waals surface area (Å²) in [6.45, 7) is 2.15. The van der Waals surface area contributed by atoms with Crippen LogP contribution in [0.5, 0.6) is 0 Å². The summed E-state index contributed by atoms with van der Waals surface area (Å²) in [7, 11) is 1.80. The van der Waals surface area contributed by atoms with Crippen LogP contribution in [0.3, 0.4) is 0 Å². The summed E-state index contributed by atoms with van der Waals surface area (Å²) in [5.41, 5.74) is 1.86. The standard InChI is InChI=1S/C20H20FN5O2/c1-24-8-6-16(23-24)19(27)25-9-7-20(12-25)13-26-17(10-22-18(26)11-28-20)14-2-4-15(21)5-3-14/h2-6,8,10H,7,9,11-13H2,1H3/t20-/m0/s1. The zero-order valence-electron chi connectivity index (χ0n) is 15.5. The molecule has 1 spiro atoms. The fourth-order valence-corrected chi connectivity index (χ4v) is 4.06. The molecule has 0 unspecified atom stereocenters. The molecule has 0 saturated carbocycles. The van der Waals surface area contributed by atoms with Gasteiger partial charge in [-0.2, -0.15) is 5.10 Å². The van der Waals surface area contributed by atoms with Gasteiger partial charge in [-0.3, -0.25) is 9.48 Å². The molecule has 28 heavy (non-hydrogen) atoms. The molecule has 2 aliphatic rings. The third-order valence-electron chi connectivity index (χ3n) is 5.57. The van der Waals surface area contributed by atoms with Gasteiger partial charge in [0.05, 0.1) is 25.0 Å². The molecule has 5 rings (SSSR count). The Hall–Kier alpha value is -3.00. The molecule has 3 aromatic rings. The van der Waals surface area contributed by atoms with E-state index in [0.29, 0.717) is 31.9 Å². The van der Waals surface area contributed by atoms with Crippen LogP contribution >= 0.6 is 0 Å². The summed E-state index contributed by atoms with van der Waals surface area (Å²) < 4.78 is 23.2. The van der Waals surface area contributed by atoms with Crippen molar-refractivity contribution in [2.75, 3.05) is 13.1 Å². The van der Waals surface area contributed by atoms with Crippen LogP contribution in [-0.2, 0) is 24.9 Å². The van der Waals surface area contributed by atoms with Crippen LogP contribution in [0.1, 0.15) is 22.7 Å². The van der Waals surface area contributed by atoms with Crippen LogP contribution in [0.15, 0.2) is 42.7 Å². The van der Waals surface area contributed by atoms with Crippen LogP contribution in [0.4, 0.5) is 4.39 Å². The molecule has 0 bridgehead atoms. The highest BCUT2D eigenvalue weighted by atomic mass is 19.1. The second-order valence-corrected chi connectivity index (χ2v) is 7.48. The number of aromatic nitrogens is 4. The molecule has 0 aliphatic carbocycles. The van der Waals surface area contributed by atoms with Gasteiger partial charge in [0.2, 0.25) is 0 Å². The molecule has 1 fully saturated rings. The minimum Gasteiger partial charge on any atom is -0.363 e. The molecule has 4 heterocycles. The fourth-order valence-electron chi connectivity index (χ4n) is 4.06. The number of ether oxygens (including phenoxy) is 1. The Morgan fingerprint density at radius 1 is 1.21 bits per heavy atom. The number of halogens is 1. The van der Waals surface area contributed by atoms with Crippen LogP contribution in [0, 0.1) is 5.82 Å². The molecule has 0 radical (unpaired) electrons. The number of nitrogens with zero attached hydrogens (tertiary/aromatic N) is 5. The third kappa shape index (κ3) is 2.80. The van der Waals surface area contributed by atoms with Gasteiger partial charge in [-0.1, -0.05) is 0 Å². The lowest BCUT2D eigenvalue weighted by Crippen LogP contribution is -2.45. The zero-order valence-corrected chi connectivity index (χ0v) is 15.5. The summed E-state index contributed by atoms with van der Waals surface area (Å²) in [5.74, 6) is 0.511. The fraction of sp³-hybridized carbons (Fsp3) is 0.350. The smallest absolute Gasteiger partial charge is 0.274 e. The van der Waals surface area contributed by atoms with Gasteiger partial charge in [0.25, 0.3) is 5.91 Å². The summed E-state index contributed by atoms with van der Waals surface area (Å²) in [5, 5.41) is 4.22. The van der Waals surface area contributed by atoms with E-state index in [4.69, 9.17) is 4.74 Å². The number of imidazole rings is 1. The topological polar surface area (TPSA) is 65.2 Å². The van der Waals surface area contributed by atoms with Crippen molar-refractivity contribution in [2.24, 2.45) is 7.05 Å². The van der Waals surface area contributed by atoms with E-state index >= 15 is 0 Å². The van der Waals surface area contributed by atoms with Crippen molar-refractivity contribution >= 4 is 5.91 Å². The lowest BCUT2D eigenvalue weighted by Gasteiger charge is -2.35. The number of hydrogen-bond donors (Lipinski definition) is 0. The number of rotatable bonds is 2. The van der Waals surface area contributed by atoms with Crippen molar-refractivity contribution in [3.63, 3.8) is 0 Å². The largest absolute Gasteiger partial charge is 0.363 e. The molecule has 1 amide bonds. The van der Waals surface area contributed by atoms with E-state index in [9.17, 15) is 9.18 Å². The number of benzene rings is 1. The molecule has 2 aliphatic heterocycles. The quantitative estimate of drug-likeness (QED) is 0.683. The van der Waals surface area contributed by atoms with Crippen molar-refractivity contribution in [2.45, 2.75) is 25.2 Å². The van der Waals surface area contributed by atoms with Crippen LogP contribution in [0.2, 0.25) is 0 Å². The predicted molar refractivity (Wildman–Crippen MR) is 98.9 cm³/mol. The highest BCUT2D eigenvalue weighted by Gasteiger charge is 2.45. The number of fused-ring (bicyclic) bond motifs is 1. The molecule has 144 valence electrons. The molecular formula is C20H20FN5O2. The normalized spacial score (nSPS) is 21.3. The number of amides is 1. The average Bonchev–Trinajstić information content (AvgIpc) is 3.41. The number of carbonyl (C=O) groups is 1. The first kappa shape index (κ1) is 17.1. The third-order valence-corrected chi connectivity index (χ3v) is 5.57. The van der Waals surface area contributed by atoms with Crippen molar-refractivity contribution in [3.8, 4) is 11.3 Å². The van der Waals surface area contributed by atoms with Gasteiger partial charge in [0.15, 0.2) is 0 Å². The second kappa shape index (κ2) is 6.27. The number of likely N-dealkylation sites (tertiary alicyclic amines) is 1. The molecule has 8 heteroatoms. The van der Waals surface area contributed by atoms with E-state index in [-0.39, 0.29) is 11.7 Å². The van der Waals surface area contributed by atoms with Gasteiger partial charge in [-0.05, 0) is 42.3 Å². The van der Waals surface area contributed by atoms with Gasteiger partial charge in [0.1, 0.15) is 29.5 Å². The zero-order chi connectivity index (χ0) is 19.3. The molecule has 1 saturated heterocycles. The summed E-state index contributed by atoms with van der Waals surface area (Å²) in [6.07, 6.45) is 4.33. The molecule has 0 N–H and O–H groups in total. The number of aryl methyl sites for hydroxylation is 1. The lowest BCUT2D eigenvalue weighted by molar-refractivity contribution is -0.0804. The Labute approximate surface area is 161 Å². The first-order valence-corrected chi connectivity index (χ1v) is 9.26. The maximum absolute atomic E-state index is 13.3. The molecule has 7 nitrogen and oxygen atoms in total. The van der Waals surface area contributed by atoms with Crippen LogP contribution in [-0.4, -0.2) is 48.8 Å². The van der Waals surface area contributed by atoms with Gasteiger partial charge in [-0.25, -0.2) is 9.37 Å². The van der Waals surface area contributed by atoms with Gasteiger partial charge in [-0.15, -0.1) is 0 Å². The minimum atomic E-state index is -0.438. The Morgan fingerprint density at radius 2 is 2.04 bits per heavy atom. The van der Waals surface area contributed by atoms with Crippen molar-refractivity contribution in [3.05, 3.63) is 60.1 Å². The SMILES string of the molecule is Cn1ccc(C(=O)N2CC[C@]3(C2)Cn2c(-c4ccc(F)cc4)cnc2CO3)n1. The van der Waals surface area contributed by atoms with Crippen molar-refractivity contribution < 1.29 is 13.9 Å². The highest BCUT2D eigenvalue weighted by Crippen LogP contribution is 2.35. The van der Waals surface area contributed by atoms with E-state index in [1.807, 2.05) is 4.90 Å². The summed E-state index contributed by atoms with van der Waals surface area (Å²) >= 11 is 0. The highest BCUT2D eigenvalue weighted by molar-refractivity contribution is 5.92. The summed E-state index contributed by atoms with van der Waals surface area (Å²) in [4.78, 5) is 19.0. The van der Waals surface area contributed by atoms with Crippen molar-refractivity contribution in [1.82, 2.24) is 24.2 Å².